The van der Waals surface area contributed by atoms with Crippen LogP contribution in [-0.4, -0.2) is 6.04 Å². The first kappa shape index (κ1) is 15.5. The quantitative estimate of drug-likeness (QED) is 0.883. The molecule has 2 aromatic carbocycles. The molecule has 0 bridgehead atoms. The highest BCUT2D eigenvalue weighted by Crippen LogP contribution is 2.26. The number of hydrogen-bond acceptors (Lipinski definition) is 2. The van der Waals surface area contributed by atoms with Crippen LogP contribution >= 0.6 is 0 Å². The zero-order valence-corrected chi connectivity index (χ0v) is 12.7. The summed E-state index contributed by atoms with van der Waals surface area (Å²) in [6.45, 7) is 6.19. The highest BCUT2D eigenvalue weighted by Gasteiger charge is 2.18. The lowest BCUT2D eigenvalue weighted by atomic mass is 10.0. The van der Waals surface area contributed by atoms with Crippen molar-refractivity contribution in [1.29, 1.82) is 0 Å². The molecule has 0 aliphatic heterocycles. The fraction of sp³-hybridized carbons (Fsp3) is 0.333. The molecular formula is C18H22FNO. The van der Waals surface area contributed by atoms with E-state index < -0.39 is 0 Å². The van der Waals surface area contributed by atoms with E-state index in [1.54, 1.807) is 12.1 Å². The third-order valence-electron chi connectivity index (χ3n) is 3.49. The first-order chi connectivity index (χ1) is 9.97. The molecule has 2 unspecified atom stereocenters. The van der Waals surface area contributed by atoms with Crippen LogP contribution in [0.3, 0.4) is 0 Å². The van der Waals surface area contributed by atoms with Crippen LogP contribution in [0.5, 0.6) is 5.75 Å². The van der Waals surface area contributed by atoms with Crippen LogP contribution in [0, 0.1) is 5.82 Å². The van der Waals surface area contributed by atoms with Crippen molar-refractivity contribution in [3.63, 3.8) is 0 Å². The topological polar surface area (TPSA) is 35.2 Å². The summed E-state index contributed by atoms with van der Waals surface area (Å²) in [5, 5.41) is 0. The van der Waals surface area contributed by atoms with E-state index in [-0.39, 0.29) is 18.0 Å². The van der Waals surface area contributed by atoms with Crippen LogP contribution in [-0.2, 0) is 0 Å². The summed E-state index contributed by atoms with van der Waals surface area (Å²) < 4.78 is 19.0. The summed E-state index contributed by atoms with van der Waals surface area (Å²) in [7, 11) is 0. The summed E-state index contributed by atoms with van der Waals surface area (Å²) >= 11 is 0. The van der Waals surface area contributed by atoms with E-state index in [1.165, 1.54) is 17.7 Å². The van der Waals surface area contributed by atoms with Gasteiger partial charge in [-0.2, -0.15) is 0 Å². The minimum atomic E-state index is -0.296. The first-order valence-electron chi connectivity index (χ1n) is 7.25. The third kappa shape index (κ3) is 4.05. The van der Waals surface area contributed by atoms with Crippen LogP contribution < -0.4 is 10.5 Å². The third-order valence-corrected chi connectivity index (χ3v) is 3.49. The van der Waals surface area contributed by atoms with Crippen molar-refractivity contribution < 1.29 is 9.13 Å². The van der Waals surface area contributed by atoms with Crippen molar-refractivity contribution in [1.82, 2.24) is 0 Å². The number of halogens is 1. The summed E-state index contributed by atoms with van der Waals surface area (Å²) in [6, 6.07) is 14.1. The lowest BCUT2D eigenvalue weighted by Crippen LogP contribution is -2.29. The maximum atomic E-state index is 13.0. The zero-order chi connectivity index (χ0) is 15.4. The molecule has 0 fully saturated rings. The van der Waals surface area contributed by atoms with E-state index in [4.69, 9.17) is 10.5 Å². The van der Waals surface area contributed by atoms with Crippen LogP contribution in [0.4, 0.5) is 4.39 Å². The van der Waals surface area contributed by atoms with E-state index in [0.717, 1.165) is 11.3 Å². The molecule has 0 aromatic heterocycles. The van der Waals surface area contributed by atoms with Crippen molar-refractivity contribution in [3.05, 3.63) is 65.5 Å². The van der Waals surface area contributed by atoms with Gasteiger partial charge in [-0.3, -0.25) is 0 Å². The molecule has 2 nitrogen and oxygen atoms in total. The Morgan fingerprint density at radius 1 is 0.857 bits per heavy atom. The Bertz CT molecular complexity index is 561. The van der Waals surface area contributed by atoms with Crippen molar-refractivity contribution in [2.75, 3.05) is 0 Å². The van der Waals surface area contributed by atoms with Crippen molar-refractivity contribution in [2.45, 2.75) is 38.8 Å². The molecule has 2 aromatic rings. The largest absolute Gasteiger partial charge is 0.484 e. The van der Waals surface area contributed by atoms with Crippen molar-refractivity contribution in [2.24, 2.45) is 5.73 Å². The Labute approximate surface area is 125 Å². The monoisotopic (exact) mass is 287 g/mol. The molecule has 2 rings (SSSR count). The average Bonchev–Trinajstić information content (AvgIpc) is 2.46. The number of rotatable bonds is 5. The van der Waals surface area contributed by atoms with Gasteiger partial charge >= 0.3 is 0 Å². The van der Waals surface area contributed by atoms with E-state index in [9.17, 15) is 4.39 Å². The van der Waals surface area contributed by atoms with Crippen LogP contribution in [0.2, 0.25) is 0 Å². The van der Waals surface area contributed by atoms with Crippen molar-refractivity contribution in [3.8, 4) is 5.75 Å². The Morgan fingerprint density at radius 2 is 1.38 bits per heavy atom. The summed E-state index contributed by atoms with van der Waals surface area (Å²) in [6.07, 6.45) is -0.296. The summed E-state index contributed by atoms with van der Waals surface area (Å²) in [4.78, 5) is 0. The molecule has 0 amide bonds. The number of benzene rings is 2. The van der Waals surface area contributed by atoms with Gasteiger partial charge in [0.1, 0.15) is 17.7 Å². The molecule has 2 N–H and O–H groups in total. The second-order valence-corrected chi connectivity index (χ2v) is 5.67. The van der Waals surface area contributed by atoms with E-state index in [0.29, 0.717) is 5.92 Å². The number of nitrogens with two attached hydrogens (primary N) is 1. The fourth-order valence-corrected chi connectivity index (χ4v) is 2.21. The van der Waals surface area contributed by atoms with Gasteiger partial charge in [-0.15, -0.1) is 0 Å². The second kappa shape index (κ2) is 6.72. The Morgan fingerprint density at radius 3 is 1.86 bits per heavy atom. The van der Waals surface area contributed by atoms with Crippen molar-refractivity contribution >= 4 is 0 Å². The van der Waals surface area contributed by atoms with Gasteiger partial charge in [0.2, 0.25) is 0 Å². The normalized spacial score (nSPS) is 14.0. The molecule has 2 atom stereocenters. The molecule has 112 valence electrons. The summed E-state index contributed by atoms with van der Waals surface area (Å²) in [5.41, 5.74) is 8.15. The lowest BCUT2D eigenvalue weighted by Gasteiger charge is -2.23. The molecule has 0 spiro atoms. The molecule has 0 saturated carbocycles. The minimum Gasteiger partial charge on any atom is -0.484 e. The first-order valence-corrected chi connectivity index (χ1v) is 7.25. The number of hydrogen-bond donors (Lipinski definition) is 1. The van der Waals surface area contributed by atoms with Gasteiger partial charge in [0.25, 0.3) is 0 Å². The molecule has 0 radical (unpaired) electrons. The fourth-order valence-electron chi connectivity index (χ4n) is 2.21. The predicted octanol–water partition coefficient (Wildman–Crippen LogP) is 4.42. The standard InChI is InChI=1S/C18H22FNO/c1-12(2)14-6-10-17(11-7-14)21-18(13(3)20)15-4-8-16(19)9-5-15/h4-13,18H,20H2,1-3H3. The van der Waals surface area contributed by atoms with E-state index in [2.05, 4.69) is 26.0 Å². The Hall–Kier alpha value is -1.87. The highest BCUT2D eigenvalue weighted by molar-refractivity contribution is 5.30. The Balaban J connectivity index is 2.18. The van der Waals surface area contributed by atoms with Gasteiger partial charge < -0.3 is 10.5 Å². The molecule has 0 aliphatic carbocycles. The molecule has 3 heteroatoms. The second-order valence-electron chi connectivity index (χ2n) is 5.67. The molecule has 0 heterocycles. The van der Waals surface area contributed by atoms with Gasteiger partial charge in [0, 0.05) is 6.04 Å². The maximum absolute atomic E-state index is 13.0. The Kier molecular flexibility index (Phi) is 4.97. The van der Waals surface area contributed by atoms with E-state index in [1.807, 2.05) is 19.1 Å². The van der Waals surface area contributed by atoms with Gasteiger partial charge in [-0.05, 0) is 48.2 Å². The number of ether oxygens (including phenoxy) is 1. The molecule has 0 aliphatic rings. The van der Waals surface area contributed by atoms with E-state index >= 15 is 0 Å². The average molecular weight is 287 g/mol. The highest BCUT2D eigenvalue weighted by atomic mass is 19.1. The smallest absolute Gasteiger partial charge is 0.138 e. The van der Waals surface area contributed by atoms with Gasteiger partial charge in [-0.1, -0.05) is 38.1 Å². The predicted molar refractivity (Wildman–Crippen MR) is 83.9 cm³/mol. The maximum Gasteiger partial charge on any atom is 0.138 e. The van der Waals surface area contributed by atoms with Gasteiger partial charge in [0.05, 0.1) is 0 Å². The SMILES string of the molecule is CC(C)c1ccc(OC(c2ccc(F)cc2)C(C)N)cc1. The van der Waals surface area contributed by atoms with Gasteiger partial charge in [0.15, 0.2) is 0 Å². The van der Waals surface area contributed by atoms with Crippen LogP contribution in [0.15, 0.2) is 48.5 Å². The molecule has 0 saturated heterocycles. The zero-order valence-electron chi connectivity index (χ0n) is 12.7. The van der Waals surface area contributed by atoms with Crippen LogP contribution in [0.25, 0.3) is 0 Å². The van der Waals surface area contributed by atoms with Gasteiger partial charge in [-0.25, -0.2) is 4.39 Å². The van der Waals surface area contributed by atoms with Crippen LogP contribution in [0.1, 0.15) is 43.9 Å². The molecular weight excluding hydrogens is 265 g/mol. The lowest BCUT2D eigenvalue weighted by molar-refractivity contribution is 0.180. The summed E-state index contributed by atoms with van der Waals surface area (Å²) in [5.74, 6) is 0.995. The minimum absolute atomic E-state index is 0.194. The molecule has 21 heavy (non-hydrogen) atoms.